The quantitative estimate of drug-likeness (QED) is 0.307. The van der Waals surface area contributed by atoms with Gasteiger partial charge in [-0.2, -0.15) is 5.10 Å². The largest absolute Gasteiger partial charge is 0.479 e. The smallest absolute Gasteiger partial charge is 0.238 e. The SMILES string of the molecule is C=C(F)/C=C\C(=C/[C@H](C)C1CCCN(/N=C(\C)c2ccc(N(C)/C=C(/C)N)c(OC)n2)C1)N1CCCCC1. The molecule has 0 aliphatic carbocycles. The van der Waals surface area contributed by atoms with Gasteiger partial charge in [0.05, 0.1) is 18.5 Å². The number of halogens is 1. The molecule has 208 valence electrons. The van der Waals surface area contributed by atoms with Crippen LogP contribution in [0.25, 0.3) is 0 Å². The highest BCUT2D eigenvalue weighted by Crippen LogP contribution is 2.29. The number of likely N-dealkylation sites (tertiary alicyclic amines) is 1. The number of nitrogens with two attached hydrogens (primary N) is 1. The van der Waals surface area contributed by atoms with E-state index in [1.807, 2.05) is 50.2 Å². The predicted molar refractivity (Wildman–Crippen MR) is 156 cm³/mol. The molecule has 0 radical (unpaired) electrons. The van der Waals surface area contributed by atoms with Crippen molar-refractivity contribution in [3.63, 3.8) is 0 Å². The highest BCUT2D eigenvalue weighted by Gasteiger charge is 2.24. The van der Waals surface area contributed by atoms with Crippen LogP contribution in [0.2, 0.25) is 0 Å². The van der Waals surface area contributed by atoms with Gasteiger partial charge in [-0.1, -0.05) is 19.6 Å². The van der Waals surface area contributed by atoms with Gasteiger partial charge in [0.1, 0.15) is 11.5 Å². The third-order valence-corrected chi connectivity index (χ3v) is 7.24. The molecule has 2 saturated heterocycles. The fourth-order valence-electron chi connectivity index (χ4n) is 5.20. The molecule has 2 aliphatic rings. The number of ether oxygens (including phenoxy) is 1. The van der Waals surface area contributed by atoms with E-state index in [1.54, 1.807) is 7.11 Å². The van der Waals surface area contributed by atoms with Crippen LogP contribution in [0.3, 0.4) is 0 Å². The molecule has 8 heteroatoms. The summed E-state index contributed by atoms with van der Waals surface area (Å²) in [5, 5.41) is 7.11. The maximum Gasteiger partial charge on any atom is 0.238 e. The Labute approximate surface area is 228 Å². The van der Waals surface area contributed by atoms with Crippen LogP contribution >= 0.6 is 0 Å². The fraction of sp³-hybridized carbons (Fsp3) is 0.533. The first-order valence-corrected chi connectivity index (χ1v) is 13.7. The molecule has 38 heavy (non-hydrogen) atoms. The first-order valence-electron chi connectivity index (χ1n) is 13.7. The summed E-state index contributed by atoms with van der Waals surface area (Å²) in [7, 11) is 3.54. The minimum absolute atomic E-state index is 0.342. The van der Waals surface area contributed by atoms with Crippen LogP contribution < -0.4 is 15.4 Å². The Bertz CT molecular complexity index is 1070. The third-order valence-electron chi connectivity index (χ3n) is 7.24. The first-order chi connectivity index (χ1) is 18.2. The average molecular weight is 525 g/mol. The van der Waals surface area contributed by atoms with Gasteiger partial charge in [0.25, 0.3) is 0 Å². The zero-order chi connectivity index (χ0) is 27.7. The molecule has 0 saturated carbocycles. The molecular formula is C30H45FN6O. The van der Waals surface area contributed by atoms with Crippen molar-refractivity contribution < 1.29 is 9.13 Å². The molecular weight excluding hydrogens is 479 g/mol. The molecule has 0 spiro atoms. The minimum atomic E-state index is -0.412. The summed E-state index contributed by atoms with van der Waals surface area (Å²) in [5.41, 5.74) is 10.1. The van der Waals surface area contributed by atoms with Gasteiger partial charge in [-0.3, -0.25) is 5.01 Å². The average Bonchev–Trinajstić information content (AvgIpc) is 2.90. The van der Waals surface area contributed by atoms with Crippen LogP contribution in [-0.4, -0.2) is 60.9 Å². The molecule has 2 N–H and O–H groups in total. The Hall–Kier alpha value is -3.29. The van der Waals surface area contributed by atoms with E-state index < -0.39 is 5.83 Å². The summed E-state index contributed by atoms with van der Waals surface area (Å²) in [6, 6.07) is 3.95. The lowest BCUT2D eigenvalue weighted by Crippen LogP contribution is -2.35. The van der Waals surface area contributed by atoms with E-state index in [0.29, 0.717) is 23.4 Å². The summed E-state index contributed by atoms with van der Waals surface area (Å²) in [6.45, 7) is 13.3. The second-order valence-electron chi connectivity index (χ2n) is 10.5. The third kappa shape index (κ3) is 8.36. The number of hydrogen-bond donors (Lipinski definition) is 1. The van der Waals surface area contributed by atoms with E-state index >= 15 is 0 Å². The van der Waals surface area contributed by atoms with Gasteiger partial charge in [-0.15, -0.1) is 0 Å². The van der Waals surface area contributed by atoms with Gasteiger partial charge in [-0.05, 0) is 82.1 Å². The van der Waals surface area contributed by atoms with Crippen LogP contribution in [0.1, 0.15) is 58.6 Å². The van der Waals surface area contributed by atoms with Crippen molar-refractivity contribution in [3.05, 3.63) is 66.1 Å². The summed E-state index contributed by atoms with van der Waals surface area (Å²) >= 11 is 0. The van der Waals surface area contributed by atoms with Crippen molar-refractivity contribution in [2.24, 2.45) is 22.7 Å². The normalized spacial score (nSPS) is 20.6. The fourth-order valence-corrected chi connectivity index (χ4v) is 5.20. The van der Waals surface area contributed by atoms with Crippen LogP contribution in [-0.2, 0) is 0 Å². The molecule has 2 fully saturated rings. The maximum absolute atomic E-state index is 13.4. The lowest BCUT2D eigenvalue weighted by atomic mass is 9.86. The number of hydrazone groups is 1. The summed E-state index contributed by atoms with van der Waals surface area (Å²) < 4.78 is 19.0. The van der Waals surface area contributed by atoms with Crippen LogP contribution in [0.5, 0.6) is 5.88 Å². The summed E-state index contributed by atoms with van der Waals surface area (Å²) in [4.78, 5) is 9.00. The molecule has 2 atom stereocenters. The van der Waals surface area contributed by atoms with Crippen molar-refractivity contribution in [2.45, 2.75) is 52.9 Å². The molecule has 1 aromatic rings. The summed E-state index contributed by atoms with van der Waals surface area (Å²) in [6.07, 6.45) is 13.4. The number of nitrogens with zero attached hydrogens (tertiary/aromatic N) is 5. The first kappa shape index (κ1) is 29.3. The van der Waals surface area contributed by atoms with Gasteiger partial charge in [0.15, 0.2) is 0 Å². The summed E-state index contributed by atoms with van der Waals surface area (Å²) in [5.74, 6) is 0.924. The second-order valence-corrected chi connectivity index (χ2v) is 10.5. The van der Waals surface area contributed by atoms with Crippen LogP contribution in [0.15, 0.2) is 65.5 Å². The zero-order valence-electron chi connectivity index (χ0n) is 23.8. The van der Waals surface area contributed by atoms with Gasteiger partial charge >= 0.3 is 0 Å². The number of methoxy groups -OCH3 is 1. The highest BCUT2D eigenvalue weighted by atomic mass is 19.1. The number of aromatic nitrogens is 1. The Kier molecular flexibility index (Phi) is 10.8. The zero-order valence-corrected chi connectivity index (χ0v) is 23.8. The van der Waals surface area contributed by atoms with Gasteiger partial charge in [-0.25, -0.2) is 9.37 Å². The number of allylic oxidation sites excluding steroid dienone is 5. The Morgan fingerprint density at radius 1 is 1.21 bits per heavy atom. The van der Waals surface area contributed by atoms with Crippen LogP contribution in [0, 0.1) is 11.8 Å². The number of piperidine rings is 2. The van der Waals surface area contributed by atoms with Crippen molar-refractivity contribution in [1.29, 1.82) is 0 Å². The van der Waals surface area contributed by atoms with E-state index in [2.05, 4.69) is 29.5 Å². The van der Waals surface area contributed by atoms with Crippen molar-refractivity contribution in [1.82, 2.24) is 14.9 Å². The molecule has 7 nitrogen and oxygen atoms in total. The van der Waals surface area contributed by atoms with E-state index in [4.69, 9.17) is 20.6 Å². The molecule has 3 rings (SSSR count). The van der Waals surface area contributed by atoms with Gasteiger partial charge in [0.2, 0.25) is 5.88 Å². The molecule has 0 amide bonds. The molecule has 1 aromatic heterocycles. The topological polar surface area (TPSA) is 70.2 Å². The molecule has 3 heterocycles. The number of pyridine rings is 1. The van der Waals surface area contributed by atoms with E-state index in [0.717, 1.165) is 61.8 Å². The maximum atomic E-state index is 13.4. The number of hydrogen-bond acceptors (Lipinski definition) is 7. The van der Waals surface area contributed by atoms with E-state index in [-0.39, 0.29) is 0 Å². The standard InChI is InChI=1S/C30H45FN6O/c1-22(19-27(13-12-23(2)31)36-16-8-7-9-17-36)26-11-10-18-37(21-26)34-25(4)28-14-15-29(30(33-28)38-6)35(5)20-24(3)32/h12-15,19-20,22,26H,2,7-11,16-18,21,32H2,1,3-6H3/b13-12-,24-20-,27-19+,34-25+/t22-,26?/m0/s1. The Balaban J connectivity index is 1.74. The lowest BCUT2D eigenvalue weighted by molar-refractivity contribution is 0.157. The van der Waals surface area contributed by atoms with Crippen molar-refractivity contribution >= 4 is 11.4 Å². The van der Waals surface area contributed by atoms with Gasteiger partial charge < -0.3 is 20.3 Å². The Morgan fingerprint density at radius 2 is 1.95 bits per heavy atom. The van der Waals surface area contributed by atoms with Crippen LogP contribution in [0.4, 0.5) is 10.1 Å². The lowest BCUT2D eigenvalue weighted by Gasteiger charge is -2.35. The van der Waals surface area contributed by atoms with Crippen molar-refractivity contribution in [2.75, 3.05) is 45.2 Å². The molecule has 0 bridgehead atoms. The molecule has 2 aliphatic heterocycles. The van der Waals surface area contributed by atoms with E-state index in [9.17, 15) is 4.39 Å². The number of anilines is 1. The molecule has 1 unspecified atom stereocenters. The Morgan fingerprint density at radius 3 is 2.61 bits per heavy atom. The predicted octanol–water partition coefficient (Wildman–Crippen LogP) is 5.83. The minimum Gasteiger partial charge on any atom is -0.479 e. The number of rotatable bonds is 10. The monoisotopic (exact) mass is 524 g/mol. The van der Waals surface area contributed by atoms with E-state index in [1.165, 1.54) is 25.3 Å². The van der Waals surface area contributed by atoms with Crippen molar-refractivity contribution in [3.8, 4) is 5.88 Å². The van der Waals surface area contributed by atoms with Gasteiger partial charge in [0, 0.05) is 50.8 Å². The second kappa shape index (κ2) is 14.0. The highest BCUT2D eigenvalue weighted by molar-refractivity contribution is 5.97. The molecule has 0 aromatic carbocycles.